The standard InChI is InChI=1S/C19H13F4N/c1-12-9-18(24-11-16(12)13-5-3-2-4-6-13)15-8-7-14(10-17(15)20)19(21,22)23/h2-11H,1H3. The van der Waals surface area contributed by atoms with Crippen LogP contribution in [0.25, 0.3) is 22.4 Å². The van der Waals surface area contributed by atoms with Crippen LogP contribution in [0.2, 0.25) is 0 Å². The van der Waals surface area contributed by atoms with Gasteiger partial charge in [0.15, 0.2) is 0 Å². The van der Waals surface area contributed by atoms with Gasteiger partial charge < -0.3 is 0 Å². The lowest BCUT2D eigenvalue weighted by molar-refractivity contribution is -0.137. The van der Waals surface area contributed by atoms with Gasteiger partial charge in [0.1, 0.15) is 5.82 Å². The number of rotatable bonds is 2. The summed E-state index contributed by atoms with van der Waals surface area (Å²) in [5, 5.41) is 0. The molecular formula is C19H13F4N. The van der Waals surface area contributed by atoms with Crippen molar-refractivity contribution in [2.45, 2.75) is 13.1 Å². The maximum atomic E-state index is 14.1. The van der Waals surface area contributed by atoms with Crippen LogP contribution < -0.4 is 0 Å². The Morgan fingerprint density at radius 3 is 2.17 bits per heavy atom. The van der Waals surface area contributed by atoms with Gasteiger partial charge in [0.2, 0.25) is 0 Å². The summed E-state index contributed by atoms with van der Waals surface area (Å²) < 4.78 is 52.0. The average Bonchev–Trinajstić information content (AvgIpc) is 2.54. The largest absolute Gasteiger partial charge is 0.416 e. The maximum Gasteiger partial charge on any atom is 0.416 e. The van der Waals surface area contributed by atoms with Gasteiger partial charge >= 0.3 is 6.18 Å². The first-order valence-electron chi connectivity index (χ1n) is 7.25. The molecule has 1 nitrogen and oxygen atoms in total. The number of nitrogens with zero attached hydrogens (tertiary/aromatic N) is 1. The Bertz CT molecular complexity index is 870. The molecule has 5 heteroatoms. The molecule has 0 aliphatic rings. The molecule has 0 atom stereocenters. The molecule has 1 aromatic heterocycles. The fourth-order valence-electron chi connectivity index (χ4n) is 2.52. The number of hydrogen-bond donors (Lipinski definition) is 0. The van der Waals surface area contributed by atoms with Gasteiger partial charge in [-0.2, -0.15) is 13.2 Å². The molecule has 0 bridgehead atoms. The van der Waals surface area contributed by atoms with Crippen molar-refractivity contribution in [1.82, 2.24) is 4.98 Å². The molecule has 0 spiro atoms. The summed E-state index contributed by atoms with van der Waals surface area (Å²) in [4.78, 5) is 4.22. The first kappa shape index (κ1) is 16.2. The van der Waals surface area contributed by atoms with Crippen molar-refractivity contribution in [2.75, 3.05) is 0 Å². The van der Waals surface area contributed by atoms with Crippen LogP contribution in [-0.4, -0.2) is 4.98 Å². The van der Waals surface area contributed by atoms with E-state index >= 15 is 0 Å². The first-order chi connectivity index (χ1) is 11.4. The summed E-state index contributed by atoms with van der Waals surface area (Å²) >= 11 is 0. The van der Waals surface area contributed by atoms with Crippen molar-refractivity contribution in [3.63, 3.8) is 0 Å². The molecule has 2 aromatic carbocycles. The predicted octanol–water partition coefficient (Wildman–Crippen LogP) is 5.88. The zero-order valence-corrected chi connectivity index (χ0v) is 12.7. The summed E-state index contributed by atoms with van der Waals surface area (Å²) in [5.74, 6) is -0.941. The number of pyridine rings is 1. The molecule has 3 aromatic rings. The molecule has 0 unspecified atom stereocenters. The quantitative estimate of drug-likeness (QED) is 0.534. The van der Waals surface area contributed by atoms with Gasteiger partial charge in [0, 0.05) is 17.3 Å². The monoisotopic (exact) mass is 331 g/mol. The van der Waals surface area contributed by atoms with E-state index < -0.39 is 17.6 Å². The van der Waals surface area contributed by atoms with E-state index in [1.165, 1.54) is 0 Å². The lowest BCUT2D eigenvalue weighted by Crippen LogP contribution is -2.05. The van der Waals surface area contributed by atoms with Crippen molar-refractivity contribution in [3.05, 3.63) is 77.7 Å². The molecule has 24 heavy (non-hydrogen) atoms. The highest BCUT2D eigenvalue weighted by molar-refractivity contribution is 5.70. The van der Waals surface area contributed by atoms with E-state index in [0.717, 1.165) is 28.8 Å². The number of halogens is 4. The van der Waals surface area contributed by atoms with Crippen LogP contribution in [-0.2, 0) is 6.18 Å². The maximum absolute atomic E-state index is 14.1. The van der Waals surface area contributed by atoms with Crippen LogP contribution in [0.5, 0.6) is 0 Å². The zero-order valence-electron chi connectivity index (χ0n) is 12.7. The molecule has 0 fully saturated rings. The lowest BCUT2D eigenvalue weighted by atomic mass is 10.00. The second-order valence-electron chi connectivity index (χ2n) is 5.44. The molecule has 1 heterocycles. The van der Waals surface area contributed by atoms with Crippen LogP contribution in [0.1, 0.15) is 11.1 Å². The Balaban J connectivity index is 2.01. The summed E-state index contributed by atoms with van der Waals surface area (Å²) in [6, 6.07) is 13.7. The molecule has 0 radical (unpaired) electrons. The Labute approximate surface area is 136 Å². The van der Waals surface area contributed by atoms with Gasteiger partial charge in [-0.25, -0.2) is 4.39 Å². The van der Waals surface area contributed by atoms with Gasteiger partial charge in [-0.3, -0.25) is 4.98 Å². The van der Waals surface area contributed by atoms with Crippen LogP contribution in [0.3, 0.4) is 0 Å². The number of aryl methyl sites for hydroxylation is 1. The van der Waals surface area contributed by atoms with Crippen LogP contribution in [0.15, 0.2) is 60.8 Å². The second-order valence-corrected chi connectivity index (χ2v) is 5.44. The summed E-state index contributed by atoms with van der Waals surface area (Å²) in [5.41, 5.74) is 2.07. The summed E-state index contributed by atoms with van der Waals surface area (Å²) in [7, 11) is 0. The van der Waals surface area contributed by atoms with E-state index in [9.17, 15) is 17.6 Å². The molecule has 0 aliphatic heterocycles. The van der Waals surface area contributed by atoms with Crippen LogP contribution in [0, 0.1) is 12.7 Å². The van der Waals surface area contributed by atoms with Crippen molar-refractivity contribution >= 4 is 0 Å². The third-order valence-corrected chi connectivity index (χ3v) is 3.77. The van der Waals surface area contributed by atoms with E-state index in [-0.39, 0.29) is 5.56 Å². The van der Waals surface area contributed by atoms with Crippen LogP contribution >= 0.6 is 0 Å². The predicted molar refractivity (Wildman–Crippen MR) is 84.8 cm³/mol. The molecule has 0 saturated carbocycles. The topological polar surface area (TPSA) is 12.9 Å². The van der Waals surface area contributed by atoms with Gasteiger partial charge in [-0.1, -0.05) is 30.3 Å². The van der Waals surface area contributed by atoms with Crippen molar-refractivity contribution in [3.8, 4) is 22.4 Å². The fourth-order valence-corrected chi connectivity index (χ4v) is 2.52. The van der Waals surface area contributed by atoms with E-state index in [0.29, 0.717) is 11.8 Å². The Morgan fingerprint density at radius 2 is 1.58 bits per heavy atom. The minimum Gasteiger partial charge on any atom is -0.255 e. The molecular weight excluding hydrogens is 318 g/mol. The average molecular weight is 331 g/mol. The van der Waals surface area contributed by atoms with Crippen molar-refractivity contribution in [2.24, 2.45) is 0 Å². The lowest BCUT2D eigenvalue weighted by Gasteiger charge is -2.11. The fraction of sp³-hybridized carbons (Fsp3) is 0.105. The Kier molecular flexibility index (Phi) is 4.09. The summed E-state index contributed by atoms with van der Waals surface area (Å²) in [6.45, 7) is 1.86. The highest BCUT2D eigenvalue weighted by Gasteiger charge is 2.31. The third-order valence-electron chi connectivity index (χ3n) is 3.77. The van der Waals surface area contributed by atoms with Gasteiger partial charge in [-0.05, 0) is 42.3 Å². The van der Waals surface area contributed by atoms with Crippen LogP contribution in [0.4, 0.5) is 17.6 Å². The first-order valence-corrected chi connectivity index (χ1v) is 7.25. The van der Waals surface area contributed by atoms with Gasteiger partial charge in [0.05, 0.1) is 11.3 Å². The smallest absolute Gasteiger partial charge is 0.255 e. The van der Waals surface area contributed by atoms with Gasteiger partial charge in [0.25, 0.3) is 0 Å². The van der Waals surface area contributed by atoms with E-state index in [1.807, 2.05) is 37.3 Å². The second kappa shape index (κ2) is 6.07. The SMILES string of the molecule is Cc1cc(-c2ccc(C(F)(F)F)cc2F)ncc1-c1ccccc1. The highest BCUT2D eigenvalue weighted by atomic mass is 19.4. The zero-order chi connectivity index (χ0) is 17.3. The normalized spacial score (nSPS) is 11.5. The van der Waals surface area contributed by atoms with E-state index in [4.69, 9.17) is 0 Å². The summed E-state index contributed by atoms with van der Waals surface area (Å²) in [6.07, 6.45) is -2.96. The van der Waals surface area contributed by atoms with E-state index in [2.05, 4.69) is 4.98 Å². The van der Waals surface area contributed by atoms with Crippen molar-refractivity contribution in [1.29, 1.82) is 0 Å². The van der Waals surface area contributed by atoms with E-state index in [1.54, 1.807) is 12.3 Å². The number of hydrogen-bond acceptors (Lipinski definition) is 1. The molecule has 122 valence electrons. The number of alkyl halides is 3. The molecule has 3 rings (SSSR count). The minimum atomic E-state index is -4.57. The minimum absolute atomic E-state index is 0.0470. The third kappa shape index (κ3) is 3.15. The Morgan fingerprint density at radius 1 is 0.875 bits per heavy atom. The van der Waals surface area contributed by atoms with Gasteiger partial charge in [-0.15, -0.1) is 0 Å². The van der Waals surface area contributed by atoms with Crippen molar-refractivity contribution < 1.29 is 17.6 Å². The molecule has 0 aliphatic carbocycles. The highest BCUT2D eigenvalue weighted by Crippen LogP contribution is 2.33. The number of aromatic nitrogens is 1. The molecule has 0 saturated heterocycles. The Hall–Kier alpha value is -2.69. The molecule has 0 N–H and O–H groups in total. The molecule has 0 amide bonds. The number of benzene rings is 2.